The van der Waals surface area contributed by atoms with E-state index in [4.69, 9.17) is 5.73 Å². The van der Waals surface area contributed by atoms with E-state index >= 15 is 0 Å². The van der Waals surface area contributed by atoms with Gasteiger partial charge in [-0.15, -0.1) is 0 Å². The molecule has 0 radical (unpaired) electrons. The second-order valence-corrected chi connectivity index (χ2v) is 5.50. The molecular weight excluding hydrogens is 243 g/mol. The molecule has 3 nitrogen and oxygen atoms in total. The zero-order valence-corrected chi connectivity index (χ0v) is 11.9. The van der Waals surface area contributed by atoms with Crippen LogP contribution in [0.4, 0.5) is 10.1 Å². The van der Waals surface area contributed by atoms with Gasteiger partial charge in [-0.25, -0.2) is 4.39 Å². The van der Waals surface area contributed by atoms with Crippen LogP contribution in [-0.4, -0.2) is 12.5 Å². The fraction of sp³-hybridized carbons (Fsp3) is 0.533. The first-order valence-corrected chi connectivity index (χ1v) is 6.67. The third kappa shape index (κ3) is 5.83. The normalized spacial score (nSPS) is 12.5. The lowest BCUT2D eigenvalue weighted by Crippen LogP contribution is -2.23. The van der Waals surface area contributed by atoms with E-state index in [0.717, 1.165) is 12.0 Å². The van der Waals surface area contributed by atoms with Gasteiger partial charge in [-0.05, 0) is 55.5 Å². The summed E-state index contributed by atoms with van der Waals surface area (Å²) in [6.07, 6.45) is 1.30. The Hall–Kier alpha value is -1.42. The lowest BCUT2D eigenvalue weighted by Gasteiger charge is -2.16. The maximum absolute atomic E-state index is 13.2. The van der Waals surface area contributed by atoms with Crippen molar-refractivity contribution in [3.63, 3.8) is 0 Å². The molecule has 1 rings (SSSR count). The Labute approximate surface area is 114 Å². The molecular formula is C15H23FN2O. The minimum absolute atomic E-state index is 0.110. The lowest BCUT2D eigenvalue weighted by molar-refractivity contribution is -0.117. The first kappa shape index (κ1) is 15.6. The molecule has 1 atom stereocenters. The number of rotatable bonds is 6. The molecule has 1 amide bonds. The van der Waals surface area contributed by atoms with Crippen LogP contribution in [-0.2, 0) is 4.79 Å². The Balaban J connectivity index is 2.58. The largest absolute Gasteiger partial charge is 0.330 e. The number of nitrogens with one attached hydrogen (secondary N) is 1. The first-order chi connectivity index (χ1) is 8.90. The highest BCUT2D eigenvalue weighted by atomic mass is 19.1. The molecule has 1 aromatic rings. The van der Waals surface area contributed by atoms with Gasteiger partial charge < -0.3 is 11.1 Å². The molecule has 4 heteroatoms. The highest BCUT2D eigenvalue weighted by Crippen LogP contribution is 2.17. The second kappa shape index (κ2) is 7.24. The number of nitrogens with two attached hydrogens (primary N) is 1. The van der Waals surface area contributed by atoms with Crippen molar-refractivity contribution in [3.8, 4) is 0 Å². The number of hydrogen-bond donors (Lipinski definition) is 2. The smallest absolute Gasteiger partial charge is 0.224 e. The zero-order valence-electron chi connectivity index (χ0n) is 11.9. The van der Waals surface area contributed by atoms with Crippen LogP contribution in [0.5, 0.6) is 0 Å². The van der Waals surface area contributed by atoms with Gasteiger partial charge in [0.15, 0.2) is 0 Å². The van der Waals surface area contributed by atoms with E-state index in [1.54, 1.807) is 13.0 Å². The average Bonchev–Trinajstić information content (AvgIpc) is 2.25. The summed E-state index contributed by atoms with van der Waals surface area (Å²) in [6, 6.07) is 4.50. The molecule has 19 heavy (non-hydrogen) atoms. The van der Waals surface area contributed by atoms with Crippen LogP contribution in [0.2, 0.25) is 0 Å². The van der Waals surface area contributed by atoms with Crippen LogP contribution in [0.1, 0.15) is 32.3 Å². The van der Waals surface area contributed by atoms with Crippen LogP contribution in [0.3, 0.4) is 0 Å². The first-order valence-electron chi connectivity index (χ1n) is 6.67. The number of halogens is 1. The Morgan fingerprint density at radius 2 is 2.05 bits per heavy atom. The van der Waals surface area contributed by atoms with Crippen molar-refractivity contribution >= 4 is 11.6 Å². The Morgan fingerprint density at radius 3 is 2.58 bits per heavy atom. The van der Waals surface area contributed by atoms with Crippen molar-refractivity contribution in [1.29, 1.82) is 0 Å². The minimum Gasteiger partial charge on any atom is -0.330 e. The number of benzene rings is 1. The fourth-order valence-corrected chi connectivity index (χ4v) is 2.21. The highest BCUT2D eigenvalue weighted by Gasteiger charge is 2.14. The molecule has 0 saturated heterocycles. The van der Waals surface area contributed by atoms with Gasteiger partial charge in [0.25, 0.3) is 0 Å². The summed E-state index contributed by atoms with van der Waals surface area (Å²) in [5, 5.41) is 2.73. The molecule has 1 aromatic carbocycles. The summed E-state index contributed by atoms with van der Waals surface area (Å²) in [5.41, 5.74) is 6.96. The van der Waals surface area contributed by atoms with Gasteiger partial charge >= 0.3 is 0 Å². The Kier molecular flexibility index (Phi) is 5.96. The van der Waals surface area contributed by atoms with Gasteiger partial charge in [-0.2, -0.15) is 0 Å². The predicted octanol–water partition coefficient (Wildman–Crippen LogP) is 3.08. The Bertz CT molecular complexity index is 412. The maximum atomic E-state index is 13.2. The lowest BCUT2D eigenvalue weighted by atomic mass is 9.94. The Morgan fingerprint density at radius 1 is 1.37 bits per heavy atom. The van der Waals surface area contributed by atoms with Crippen LogP contribution < -0.4 is 11.1 Å². The number of amides is 1. The topological polar surface area (TPSA) is 55.1 Å². The van der Waals surface area contributed by atoms with E-state index in [1.807, 2.05) is 0 Å². The quantitative estimate of drug-likeness (QED) is 0.831. The predicted molar refractivity (Wildman–Crippen MR) is 76.4 cm³/mol. The molecule has 0 aliphatic heterocycles. The van der Waals surface area contributed by atoms with Crippen molar-refractivity contribution in [2.24, 2.45) is 17.6 Å². The van der Waals surface area contributed by atoms with Gasteiger partial charge in [0.1, 0.15) is 5.82 Å². The summed E-state index contributed by atoms with van der Waals surface area (Å²) in [6.45, 7) is 6.50. The molecule has 0 aromatic heterocycles. The van der Waals surface area contributed by atoms with Crippen molar-refractivity contribution < 1.29 is 9.18 Å². The number of hydrogen-bond acceptors (Lipinski definition) is 2. The van der Waals surface area contributed by atoms with Crippen molar-refractivity contribution in [2.75, 3.05) is 11.9 Å². The van der Waals surface area contributed by atoms with Gasteiger partial charge in [0.2, 0.25) is 5.91 Å². The molecule has 0 aliphatic rings. The van der Waals surface area contributed by atoms with Crippen molar-refractivity contribution in [2.45, 2.75) is 33.6 Å². The van der Waals surface area contributed by atoms with E-state index in [0.29, 0.717) is 24.6 Å². The zero-order chi connectivity index (χ0) is 14.4. The standard InChI is InChI=1S/C15H23FN2O/c1-10(2)4-12(9-17)7-15(19)18-14-6-11(3)5-13(16)8-14/h5-6,8,10,12H,4,7,9,17H2,1-3H3,(H,18,19). The molecule has 0 saturated carbocycles. The number of carbonyl (C=O) groups excluding carboxylic acids is 1. The molecule has 3 N–H and O–H groups in total. The van der Waals surface area contributed by atoms with E-state index < -0.39 is 0 Å². The van der Waals surface area contributed by atoms with Gasteiger partial charge in [0.05, 0.1) is 0 Å². The third-order valence-electron chi connectivity index (χ3n) is 2.94. The number of aryl methyl sites for hydroxylation is 1. The van der Waals surface area contributed by atoms with Gasteiger partial charge in [0, 0.05) is 12.1 Å². The highest BCUT2D eigenvalue weighted by molar-refractivity contribution is 5.90. The van der Waals surface area contributed by atoms with Gasteiger partial charge in [-0.3, -0.25) is 4.79 Å². The molecule has 106 valence electrons. The molecule has 0 spiro atoms. The van der Waals surface area contributed by atoms with Crippen LogP contribution in [0.15, 0.2) is 18.2 Å². The van der Waals surface area contributed by atoms with Crippen LogP contribution >= 0.6 is 0 Å². The molecule has 0 heterocycles. The monoisotopic (exact) mass is 266 g/mol. The molecule has 0 fully saturated rings. The van der Waals surface area contributed by atoms with Crippen molar-refractivity contribution in [1.82, 2.24) is 0 Å². The molecule has 1 unspecified atom stereocenters. The molecule has 0 bridgehead atoms. The summed E-state index contributed by atoms with van der Waals surface area (Å²) in [5.74, 6) is 0.237. The summed E-state index contributed by atoms with van der Waals surface area (Å²) in [7, 11) is 0. The van der Waals surface area contributed by atoms with E-state index in [-0.39, 0.29) is 17.6 Å². The van der Waals surface area contributed by atoms with Crippen molar-refractivity contribution in [3.05, 3.63) is 29.6 Å². The number of anilines is 1. The van der Waals surface area contributed by atoms with E-state index in [1.165, 1.54) is 12.1 Å². The summed E-state index contributed by atoms with van der Waals surface area (Å²) >= 11 is 0. The number of carbonyl (C=O) groups is 1. The summed E-state index contributed by atoms with van der Waals surface area (Å²) in [4.78, 5) is 11.9. The SMILES string of the molecule is Cc1cc(F)cc(NC(=O)CC(CN)CC(C)C)c1. The average molecular weight is 266 g/mol. The van der Waals surface area contributed by atoms with Crippen LogP contribution in [0, 0.1) is 24.6 Å². The minimum atomic E-state index is -0.340. The molecule has 0 aliphatic carbocycles. The van der Waals surface area contributed by atoms with Gasteiger partial charge in [-0.1, -0.05) is 13.8 Å². The fourth-order valence-electron chi connectivity index (χ4n) is 2.21. The maximum Gasteiger partial charge on any atom is 0.224 e. The van der Waals surface area contributed by atoms with E-state index in [2.05, 4.69) is 19.2 Å². The van der Waals surface area contributed by atoms with E-state index in [9.17, 15) is 9.18 Å². The second-order valence-electron chi connectivity index (χ2n) is 5.50. The third-order valence-corrected chi connectivity index (χ3v) is 2.94. The summed E-state index contributed by atoms with van der Waals surface area (Å²) < 4.78 is 13.2. The van der Waals surface area contributed by atoms with Crippen LogP contribution in [0.25, 0.3) is 0 Å².